The van der Waals surface area contributed by atoms with Gasteiger partial charge in [0.1, 0.15) is 11.6 Å². The van der Waals surface area contributed by atoms with E-state index in [9.17, 15) is 13.6 Å². The second kappa shape index (κ2) is 5.48. The van der Waals surface area contributed by atoms with Crippen LogP contribution in [0.15, 0.2) is 18.2 Å². The monoisotopic (exact) mass is 282 g/mol. The van der Waals surface area contributed by atoms with E-state index < -0.39 is 17.2 Å². The normalized spacial score (nSPS) is 22.7. The van der Waals surface area contributed by atoms with Crippen molar-refractivity contribution in [2.24, 2.45) is 0 Å². The van der Waals surface area contributed by atoms with Gasteiger partial charge in [-0.1, -0.05) is 6.07 Å². The van der Waals surface area contributed by atoms with Crippen molar-refractivity contribution in [1.29, 1.82) is 0 Å². The molecule has 1 heterocycles. The number of amides is 1. The maximum atomic E-state index is 13.7. The highest BCUT2D eigenvalue weighted by Crippen LogP contribution is 2.33. The lowest BCUT2D eigenvalue weighted by atomic mass is 9.84. The molecule has 0 aliphatic carbocycles. The summed E-state index contributed by atoms with van der Waals surface area (Å²) in [6, 6.07) is 3.87. The SMILES string of the molecule is CC(C)NC(=O)C1(C)CCN1Cc1c(F)cccc1F. The lowest BCUT2D eigenvalue weighted by Gasteiger charge is -2.49. The van der Waals surface area contributed by atoms with Crippen molar-refractivity contribution in [3.05, 3.63) is 35.4 Å². The first-order valence-electron chi connectivity index (χ1n) is 6.83. The fraction of sp³-hybridized carbons (Fsp3) is 0.533. The molecule has 20 heavy (non-hydrogen) atoms. The molecule has 3 nitrogen and oxygen atoms in total. The third kappa shape index (κ3) is 2.68. The summed E-state index contributed by atoms with van der Waals surface area (Å²) >= 11 is 0. The molecule has 1 atom stereocenters. The van der Waals surface area contributed by atoms with Gasteiger partial charge in [0.2, 0.25) is 5.91 Å². The minimum atomic E-state index is -0.682. The maximum absolute atomic E-state index is 13.7. The van der Waals surface area contributed by atoms with Gasteiger partial charge in [0.05, 0.1) is 5.54 Å². The van der Waals surface area contributed by atoms with Crippen molar-refractivity contribution in [3.8, 4) is 0 Å². The van der Waals surface area contributed by atoms with Crippen molar-refractivity contribution >= 4 is 5.91 Å². The Hall–Kier alpha value is -1.49. The summed E-state index contributed by atoms with van der Waals surface area (Å²) < 4.78 is 27.3. The zero-order chi connectivity index (χ0) is 14.9. The minimum absolute atomic E-state index is 0.0239. The van der Waals surface area contributed by atoms with E-state index in [1.165, 1.54) is 18.2 Å². The van der Waals surface area contributed by atoms with Crippen LogP contribution in [0.3, 0.4) is 0 Å². The Morgan fingerprint density at radius 2 is 2.00 bits per heavy atom. The third-order valence-corrected chi connectivity index (χ3v) is 3.89. The van der Waals surface area contributed by atoms with E-state index in [1.807, 2.05) is 25.7 Å². The number of rotatable bonds is 4. The van der Waals surface area contributed by atoms with Gasteiger partial charge < -0.3 is 5.32 Å². The number of likely N-dealkylation sites (tertiary alicyclic amines) is 1. The fourth-order valence-electron chi connectivity index (χ4n) is 2.41. The fourth-order valence-corrected chi connectivity index (χ4v) is 2.41. The number of benzene rings is 1. The van der Waals surface area contributed by atoms with Crippen molar-refractivity contribution in [3.63, 3.8) is 0 Å². The molecule has 1 saturated heterocycles. The van der Waals surface area contributed by atoms with E-state index in [2.05, 4.69) is 5.32 Å². The zero-order valence-corrected chi connectivity index (χ0v) is 12.0. The summed E-state index contributed by atoms with van der Waals surface area (Å²) in [5.74, 6) is -1.22. The van der Waals surface area contributed by atoms with Crippen LogP contribution in [0.2, 0.25) is 0 Å². The standard InChI is InChI=1S/C15H20F2N2O/c1-10(2)18-14(20)15(3)7-8-19(15)9-11-12(16)5-4-6-13(11)17/h4-6,10H,7-9H2,1-3H3,(H,18,20). The Labute approximate surface area is 118 Å². The smallest absolute Gasteiger partial charge is 0.240 e. The van der Waals surface area contributed by atoms with Crippen LogP contribution in [0.5, 0.6) is 0 Å². The van der Waals surface area contributed by atoms with E-state index in [1.54, 1.807) is 0 Å². The van der Waals surface area contributed by atoms with Gasteiger partial charge in [-0.2, -0.15) is 0 Å². The molecule has 1 aromatic carbocycles. The molecule has 5 heteroatoms. The van der Waals surface area contributed by atoms with Crippen LogP contribution in [0.1, 0.15) is 32.8 Å². The summed E-state index contributed by atoms with van der Waals surface area (Å²) in [6.07, 6.45) is 0.696. The second-order valence-corrected chi connectivity index (χ2v) is 5.77. The molecule has 1 aliphatic rings. The summed E-state index contributed by atoms with van der Waals surface area (Å²) in [6.45, 7) is 6.37. The van der Waals surface area contributed by atoms with E-state index in [4.69, 9.17) is 0 Å². The second-order valence-electron chi connectivity index (χ2n) is 5.77. The van der Waals surface area contributed by atoms with Gasteiger partial charge in [-0.25, -0.2) is 8.78 Å². The molecule has 0 spiro atoms. The molecule has 1 amide bonds. The third-order valence-electron chi connectivity index (χ3n) is 3.89. The van der Waals surface area contributed by atoms with E-state index in [0.717, 1.165) is 0 Å². The van der Waals surface area contributed by atoms with Crippen LogP contribution in [0.4, 0.5) is 8.78 Å². The molecule has 1 aliphatic heterocycles. The first-order chi connectivity index (χ1) is 9.34. The van der Waals surface area contributed by atoms with Gasteiger partial charge in [0, 0.05) is 24.7 Å². The number of carbonyl (C=O) groups excluding carboxylic acids is 1. The van der Waals surface area contributed by atoms with Crippen molar-refractivity contribution in [2.45, 2.75) is 45.3 Å². The van der Waals surface area contributed by atoms with Gasteiger partial charge in [-0.3, -0.25) is 9.69 Å². The summed E-state index contributed by atoms with van der Waals surface area (Å²) in [7, 11) is 0. The summed E-state index contributed by atoms with van der Waals surface area (Å²) in [5.41, 5.74) is -0.658. The number of nitrogens with one attached hydrogen (secondary N) is 1. The molecule has 110 valence electrons. The molecule has 1 fully saturated rings. The molecule has 1 unspecified atom stereocenters. The number of nitrogens with zero attached hydrogens (tertiary/aromatic N) is 1. The molecule has 2 rings (SSSR count). The minimum Gasteiger partial charge on any atom is -0.352 e. The van der Waals surface area contributed by atoms with Crippen LogP contribution in [0, 0.1) is 11.6 Å². The van der Waals surface area contributed by atoms with Crippen molar-refractivity contribution in [2.75, 3.05) is 6.54 Å². The van der Waals surface area contributed by atoms with Gasteiger partial charge in [-0.05, 0) is 39.3 Å². The van der Waals surface area contributed by atoms with Gasteiger partial charge >= 0.3 is 0 Å². The van der Waals surface area contributed by atoms with Crippen LogP contribution < -0.4 is 5.32 Å². The number of halogens is 2. The molecule has 0 aromatic heterocycles. The molecule has 0 radical (unpaired) electrons. The van der Waals surface area contributed by atoms with Crippen molar-refractivity contribution in [1.82, 2.24) is 10.2 Å². The highest BCUT2D eigenvalue weighted by molar-refractivity contribution is 5.87. The molecule has 1 N–H and O–H groups in total. The predicted molar refractivity (Wildman–Crippen MR) is 73.1 cm³/mol. The average Bonchev–Trinajstić information content (AvgIpc) is 2.35. The first-order valence-corrected chi connectivity index (χ1v) is 6.83. The van der Waals surface area contributed by atoms with Gasteiger partial charge in [0.15, 0.2) is 0 Å². The summed E-state index contributed by atoms with van der Waals surface area (Å²) in [5, 5.41) is 2.86. The Morgan fingerprint density at radius 3 is 2.45 bits per heavy atom. The van der Waals surface area contributed by atoms with Crippen LogP contribution >= 0.6 is 0 Å². The topological polar surface area (TPSA) is 32.3 Å². The van der Waals surface area contributed by atoms with E-state index >= 15 is 0 Å². The van der Waals surface area contributed by atoms with Gasteiger partial charge in [-0.15, -0.1) is 0 Å². The van der Waals surface area contributed by atoms with Crippen molar-refractivity contribution < 1.29 is 13.6 Å². The Balaban J connectivity index is 2.13. The number of carbonyl (C=O) groups is 1. The highest BCUT2D eigenvalue weighted by atomic mass is 19.1. The Bertz CT molecular complexity index is 498. The molecular formula is C15H20F2N2O. The molecule has 1 aromatic rings. The Morgan fingerprint density at radius 1 is 1.40 bits per heavy atom. The first kappa shape index (κ1) is 14.9. The molecular weight excluding hydrogens is 262 g/mol. The lowest BCUT2D eigenvalue weighted by molar-refractivity contribution is -0.142. The largest absolute Gasteiger partial charge is 0.352 e. The van der Waals surface area contributed by atoms with E-state index in [0.29, 0.717) is 13.0 Å². The van der Waals surface area contributed by atoms with Gasteiger partial charge in [0.25, 0.3) is 0 Å². The maximum Gasteiger partial charge on any atom is 0.240 e. The number of hydrogen-bond donors (Lipinski definition) is 1. The zero-order valence-electron chi connectivity index (χ0n) is 12.0. The lowest BCUT2D eigenvalue weighted by Crippen LogP contribution is -2.65. The van der Waals surface area contributed by atoms with Crippen LogP contribution in [-0.2, 0) is 11.3 Å². The van der Waals surface area contributed by atoms with Crippen LogP contribution in [0.25, 0.3) is 0 Å². The Kier molecular flexibility index (Phi) is 4.09. The van der Waals surface area contributed by atoms with E-state index in [-0.39, 0.29) is 24.1 Å². The average molecular weight is 282 g/mol. The molecule has 0 saturated carbocycles. The van der Waals surface area contributed by atoms with Crippen LogP contribution in [-0.4, -0.2) is 28.9 Å². The number of hydrogen-bond acceptors (Lipinski definition) is 2. The quantitative estimate of drug-likeness (QED) is 0.920. The predicted octanol–water partition coefficient (Wildman–Crippen LogP) is 2.45. The molecule has 0 bridgehead atoms. The summed E-state index contributed by atoms with van der Waals surface area (Å²) in [4.78, 5) is 14.0. The highest BCUT2D eigenvalue weighted by Gasteiger charge is 2.47.